The highest BCUT2D eigenvalue weighted by molar-refractivity contribution is 9.09. The van der Waals surface area contributed by atoms with Crippen molar-refractivity contribution >= 4 is 15.9 Å². The molecule has 0 amide bonds. The van der Waals surface area contributed by atoms with E-state index in [1.54, 1.807) is 0 Å². The van der Waals surface area contributed by atoms with Crippen molar-refractivity contribution in [3.05, 3.63) is 0 Å². The van der Waals surface area contributed by atoms with E-state index in [1.807, 2.05) is 0 Å². The Labute approximate surface area is 150 Å². The molecule has 22 heavy (non-hydrogen) atoms. The molecule has 0 saturated carbocycles. The summed E-state index contributed by atoms with van der Waals surface area (Å²) in [6.45, 7) is 2.30. The first kappa shape index (κ1) is 22.5. The fraction of sp³-hybridized carbons (Fsp3) is 1.00. The monoisotopic (exact) mass is 374 g/mol. The Morgan fingerprint density at radius 2 is 0.591 bits per heavy atom. The Balaban J connectivity index is 2.91. The van der Waals surface area contributed by atoms with Crippen LogP contribution in [0.4, 0.5) is 0 Å². The molecule has 0 spiro atoms. The average molecular weight is 375 g/mol. The maximum atomic E-state index is 3.50. The third kappa shape index (κ3) is 20.5. The largest absolute Gasteiger partial charge is 0.0928 e. The Bertz CT molecular complexity index is 159. The lowest BCUT2D eigenvalue weighted by Gasteiger charge is -2.03. The summed E-state index contributed by atoms with van der Waals surface area (Å²) in [4.78, 5) is 0. The third-order valence-corrected chi connectivity index (χ3v) is 5.30. The van der Waals surface area contributed by atoms with E-state index in [4.69, 9.17) is 0 Å². The predicted molar refractivity (Wildman–Crippen MR) is 107 cm³/mol. The molecule has 0 atom stereocenters. The standard InChI is InChI=1S/C21H43Br/c1-2-3-4-5-6-7-8-9-10-11-12-13-14-15-16-17-18-19-20-21-22/h2-21H2,1H3. The van der Waals surface area contributed by atoms with Crippen molar-refractivity contribution in [1.82, 2.24) is 0 Å². The van der Waals surface area contributed by atoms with Gasteiger partial charge in [-0.15, -0.1) is 0 Å². The number of unbranched alkanes of at least 4 members (excludes halogenated alkanes) is 18. The summed E-state index contributed by atoms with van der Waals surface area (Å²) < 4.78 is 0. The van der Waals surface area contributed by atoms with Crippen LogP contribution < -0.4 is 0 Å². The fourth-order valence-electron chi connectivity index (χ4n) is 3.17. The van der Waals surface area contributed by atoms with Gasteiger partial charge < -0.3 is 0 Å². The molecule has 0 aromatic rings. The van der Waals surface area contributed by atoms with Gasteiger partial charge in [-0.25, -0.2) is 0 Å². The normalized spacial score (nSPS) is 11.2. The van der Waals surface area contributed by atoms with Crippen molar-refractivity contribution in [2.45, 2.75) is 129 Å². The molecule has 0 rings (SSSR count). The molecule has 0 radical (unpaired) electrons. The van der Waals surface area contributed by atoms with E-state index in [2.05, 4.69) is 22.9 Å². The van der Waals surface area contributed by atoms with Crippen molar-refractivity contribution in [2.24, 2.45) is 0 Å². The Hall–Kier alpha value is 0.480. The van der Waals surface area contributed by atoms with Crippen LogP contribution in [0.1, 0.15) is 129 Å². The van der Waals surface area contributed by atoms with Crippen LogP contribution in [0.5, 0.6) is 0 Å². The van der Waals surface area contributed by atoms with E-state index in [0.29, 0.717) is 0 Å². The minimum atomic E-state index is 1.19. The minimum Gasteiger partial charge on any atom is -0.0928 e. The molecule has 0 heterocycles. The van der Waals surface area contributed by atoms with Crippen LogP contribution in [0.25, 0.3) is 0 Å². The van der Waals surface area contributed by atoms with Gasteiger partial charge in [0.1, 0.15) is 0 Å². The Morgan fingerprint density at radius 1 is 0.364 bits per heavy atom. The number of hydrogen-bond acceptors (Lipinski definition) is 0. The van der Waals surface area contributed by atoms with Crippen molar-refractivity contribution in [2.75, 3.05) is 5.33 Å². The summed E-state index contributed by atoms with van der Waals surface area (Å²) in [5.41, 5.74) is 0. The van der Waals surface area contributed by atoms with Crippen LogP contribution in [0, 0.1) is 0 Å². The molecule has 0 unspecified atom stereocenters. The summed E-state index contributed by atoms with van der Waals surface area (Å²) >= 11 is 3.50. The van der Waals surface area contributed by atoms with Crippen molar-refractivity contribution in [1.29, 1.82) is 0 Å². The maximum Gasteiger partial charge on any atom is 0.00313 e. The molecule has 0 aliphatic carbocycles. The lowest BCUT2D eigenvalue weighted by molar-refractivity contribution is 0.525. The average Bonchev–Trinajstić information content (AvgIpc) is 2.54. The highest BCUT2D eigenvalue weighted by Gasteiger charge is 1.94. The topological polar surface area (TPSA) is 0 Å². The molecule has 0 aromatic heterocycles. The second-order valence-electron chi connectivity index (χ2n) is 7.05. The number of hydrogen-bond donors (Lipinski definition) is 0. The lowest BCUT2D eigenvalue weighted by atomic mass is 10.0. The summed E-state index contributed by atoms with van der Waals surface area (Å²) in [6, 6.07) is 0. The van der Waals surface area contributed by atoms with Gasteiger partial charge in [-0.3, -0.25) is 0 Å². The second kappa shape index (κ2) is 21.5. The molecular weight excluding hydrogens is 332 g/mol. The summed E-state index contributed by atoms with van der Waals surface area (Å²) in [6.07, 6.45) is 27.8. The summed E-state index contributed by atoms with van der Waals surface area (Å²) in [7, 11) is 0. The van der Waals surface area contributed by atoms with E-state index in [0.717, 1.165) is 0 Å². The quantitative estimate of drug-likeness (QED) is 0.156. The van der Waals surface area contributed by atoms with Gasteiger partial charge in [-0.05, 0) is 6.42 Å². The predicted octanol–water partition coefficient (Wildman–Crippen LogP) is 8.81. The minimum absolute atomic E-state index is 1.19. The lowest BCUT2D eigenvalue weighted by Crippen LogP contribution is -1.84. The van der Waals surface area contributed by atoms with Gasteiger partial charge in [0.15, 0.2) is 0 Å². The van der Waals surface area contributed by atoms with E-state index in [-0.39, 0.29) is 0 Å². The van der Waals surface area contributed by atoms with Crippen LogP contribution in [-0.4, -0.2) is 5.33 Å². The second-order valence-corrected chi connectivity index (χ2v) is 7.85. The van der Waals surface area contributed by atoms with Crippen molar-refractivity contribution in [3.8, 4) is 0 Å². The van der Waals surface area contributed by atoms with Gasteiger partial charge in [0, 0.05) is 5.33 Å². The van der Waals surface area contributed by atoms with Gasteiger partial charge >= 0.3 is 0 Å². The van der Waals surface area contributed by atoms with Crippen LogP contribution >= 0.6 is 15.9 Å². The van der Waals surface area contributed by atoms with Gasteiger partial charge in [0.05, 0.1) is 0 Å². The highest BCUT2D eigenvalue weighted by Crippen LogP contribution is 2.14. The molecular formula is C21H43Br. The summed E-state index contributed by atoms with van der Waals surface area (Å²) in [5, 5.41) is 1.19. The number of alkyl halides is 1. The van der Waals surface area contributed by atoms with Crippen LogP contribution in [0.3, 0.4) is 0 Å². The fourth-order valence-corrected chi connectivity index (χ4v) is 3.57. The van der Waals surface area contributed by atoms with E-state index in [9.17, 15) is 0 Å². The zero-order chi connectivity index (χ0) is 16.1. The highest BCUT2D eigenvalue weighted by atomic mass is 79.9. The molecule has 0 fully saturated rings. The molecule has 134 valence electrons. The van der Waals surface area contributed by atoms with E-state index >= 15 is 0 Å². The molecule has 0 bridgehead atoms. The molecule has 0 aliphatic heterocycles. The first-order valence-corrected chi connectivity index (χ1v) is 11.6. The molecule has 0 saturated heterocycles. The van der Waals surface area contributed by atoms with Gasteiger partial charge in [-0.1, -0.05) is 138 Å². The molecule has 0 aromatic carbocycles. The number of halogens is 1. The van der Waals surface area contributed by atoms with Crippen molar-refractivity contribution in [3.63, 3.8) is 0 Å². The van der Waals surface area contributed by atoms with Crippen LogP contribution in [0.15, 0.2) is 0 Å². The number of rotatable bonds is 19. The first-order valence-electron chi connectivity index (χ1n) is 10.5. The zero-order valence-corrected chi connectivity index (χ0v) is 17.1. The van der Waals surface area contributed by atoms with Gasteiger partial charge in [0.25, 0.3) is 0 Å². The molecule has 0 N–H and O–H groups in total. The maximum absolute atomic E-state index is 3.50. The van der Waals surface area contributed by atoms with E-state index in [1.165, 1.54) is 127 Å². The van der Waals surface area contributed by atoms with Crippen LogP contribution in [-0.2, 0) is 0 Å². The molecule has 1 heteroatoms. The van der Waals surface area contributed by atoms with Gasteiger partial charge in [0.2, 0.25) is 0 Å². The first-order chi connectivity index (χ1) is 10.9. The van der Waals surface area contributed by atoms with E-state index < -0.39 is 0 Å². The van der Waals surface area contributed by atoms with Crippen LogP contribution in [0.2, 0.25) is 0 Å². The Kier molecular flexibility index (Phi) is 21.9. The van der Waals surface area contributed by atoms with Crippen molar-refractivity contribution < 1.29 is 0 Å². The zero-order valence-electron chi connectivity index (χ0n) is 15.5. The Morgan fingerprint density at radius 3 is 0.818 bits per heavy atom. The SMILES string of the molecule is CCCCCCCCCCCCCCCCCCCCCBr. The molecule has 0 aliphatic rings. The third-order valence-electron chi connectivity index (χ3n) is 4.74. The van der Waals surface area contributed by atoms with Gasteiger partial charge in [-0.2, -0.15) is 0 Å². The molecule has 0 nitrogen and oxygen atoms in total. The smallest absolute Gasteiger partial charge is 0.00313 e. The summed E-state index contributed by atoms with van der Waals surface area (Å²) in [5.74, 6) is 0.